The van der Waals surface area contributed by atoms with E-state index in [1.807, 2.05) is 11.8 Å². The molecule has 0 bridgehead atoms. The Hall–Kier alpha value is -2.68. The molecule has 1 aromatic rings. The lowest BCUT2D eigenvalue weighted by Crippen LogP contribution is -2.62. The number of nitro benzene ring substituents is 1. The zero-order valence-electron chi connectivity index (χ0n) is 17.4. The Kier molecular flexibility index (Phi) is 5.90. The van der Waals surface area contributed by atoms with Crippen molar-refractivity contribution in [1.29, 1.82) is 0 Å². The predicted octanol–water partition coefficient (Wildman–Crippen LogP) is 1.02. The van der Waals surface area contributed by atoms with Crippen LogP contribution in [0.4, 0.5) is 11.4 Å². The lowest BCUT2D eigenvalue weighted by atomic mass is 9.83. The molecule has 1 N–H and O–H groups in total. The van der Waals surface area contributed by atoms with Crippen LogP contribution in [0.3, 0.4) is 0 Å². The summed E-state index contributed by atoms with van der Waals surface area (Å²) in [6.07, 6.45) is 2.62. The van der Waals surface area contributed by atoms with E-state index in [-0.39, 0.29) is 29.5 Å². The number of carbonyl (C=O) groups excluding carboxylic acids is 2. The van der Waals surface area contributed by atoms with Gasteiger partial charge in [-0.1, -0.05) is 0 Å². The van der Waals surface area contributed by atoms with Crippen molar-refractivity contribution < 1.29 is 14.5 Å². The summed E-state index contributed by atoms with van der Waals surface area (Å²) >= 11 is 0. The van der Waals surface area contributed by atoms with Crippen molar-refractivity contribution in [3.63, 3.8) is 0 Å². The van der Waals surface area contributed by atoms with Crippen molar-refractivity contribution in [2.24, 2.45) is 5.92 Å². The number of nitrogens with zero attached hydrogens (tertiary/aromatic N) is 4. The molecule has 30 heavy (non-hydrogen) atoms. The van der Waals surface area contributed by atoms with Crippen molar-refractivity contribution >= 4 is 23.2 Å². The fourth-order valence-corrected chi connectivity index (χ4v) is 4.99. The second kappa shape index (κ2) is 8.59. The standard InChI is InChI=1S/C21H29N5O4/c1-2-22-21(28)17-12-15-11-16(26(29)30)5-6-18(15)25-10-9-23(13-19(17)25)14-20(27)24-7-3-4-8-24/h5-6,11,17,19H,2-4,7-10,12-14H2,1H3,(H,22,28)/t17-,19-/m0/s1. The molecule has 0 aromatic heterocycles. The number of nitrogens with one attached hydrogen (secondary N) is 1. The first-order chi connectivity index (χ1) is 14.5. The monoisotopic (exact) mass is 415 g/mol. The molecular weight excluding hydrogens is 386 g/mol. The quantitative estimate of drug-likeness (QED) is 0.569. The van der Waals surface area contributed by atoms with Crippen LogP contribution in [-0.2, 0) is 16.0 Å². The van der Waals surface area contributed by atoms with Gasteiger partial charge in [0.05, 0.1) is 23.4 Å². The lowest BCUT2D eigenvalue weighted by molar-refractivity contribution is -0.384. The van der Waals surface area contributed by atoms with Gasteiger partial charge in [-0.25, -0.2) is 0 Å². The molecule has 2 saturated heterocycles. The number of hydrogen-bond acceptors (Lipinski definition) is 6. The van der Waals surface area contributed by atoms with Gasteiger partial charge in [-0.05, 0) is 37.8 Å². The van der Waals surface area contributed by atoms with Crippen LogP contribution >= 0.6 is 0 Å². The summed E-state index contributed by atoms with van der Waals surface area (Å²) < 4.78 is 0. The number of amides is 2. The van der Waals surface area contributed by atoms with Crippen LogP contribution in [0.1, 0.15) is 25.3 Å². The van der Waals surface area contributed by atoms with Crippen LogP contribution in [-0.4, -0.2) is 78.4 Å². The van der Waals surface area contributed by atoms with E-state index in [2.05, 4.69) is 15.1 Å². The molecule has 9 nitrogen and oxygen atoms in total. The van der Waals surface area contributed by atoms with Gasteiger partial charge in [0, 0.05) is 57.1 Å². The van der Waals surface area contributed by atoms with Crippen LogP contribution < -0.4 is 10.2 Å². The minimum atomic E-state index is -0.393. The maximum atomic E-state index is 12.9. The molecule has 0 spiro atoms. The average Bonchev–Trinajstić information content (AvgIpc) is 3.28. The van der Waals surface area contributed by atoms with Crippen molar-refractivity contribution in [1.82, 2.24) is 15.1 Å². The highest BCUT2D eigenvalue weighted by atomic mass is 16.6. The number of rotatable bonds is 5. The molecular formula is C21H29N5O4. The molecule has 0 radical (unpaired) electrons. The van der Waals surface area contributed by atoms with E-state index in [0.717, 1.165) is 43.7 Å². The number of carbonyl (C=O) groups is 2. The minimum absolute atomic E-state index is 0.0302. The van der Waals surface area contributed by atoms with Crippen molar-refractivity contribution in [3.05, 3.63) is 33.9 Å². The molecule has 162 valence electrons. The molecule has 3 heterocycles. The molecule has 0 saturated carbocycles. The highest BCUT2D eigenvalue weighted by Crippen LogP contribution is 2.37. The molecule has 0 aliphatic carbocycles. The van der Waals surface area contributed by atoms with E-state index < -0.39 is 4.92 Å². The first-order valence-corrected chi connectivity index (χ1v) is 10.8. The molecule has 2 fully saturated rings. The summed E-state index contributed by atoms with van der Waals surface area (Å²) in [5.74, 6) is -0.163. The van der Waals surface area contributed by atoms with Crippen LogP contribution in [0.25, 0.3) is 0 Å². The Balaban J connectivity index is 1.56. The average molecular weight is 415 g/mol. The molecule has 1 aromatic carbocycles. The van der Waals surface area contributed by atoms with E-state index in [1.54, 1.807) is 12.1 Å². The molecule has 0 unspecified atom stereocenters. The van der Waals surface area contributed by atoms with Crippen LogP contribution in [0.5, 0.6) is 0 Å². The van der Waals surface area contributed by atoms with Gasteiger partial charge >= 0.3 is 0 Å². The summed E-state index contributed by atoms with van der Waals surface area (Å²) in [5.41, 5.74) is 1.87. The summed E-state index contributed by atoms with van der Waals surface area (Å²) in [6, 6.07) is 4.89. The normalized spacial score (nSPS) is 23.6. The number of benzene rings is 1. The van der Waals surface area contributed by atoms with E-state index in [0.29, 0.717) is 32.6 Å². The molecule has 9 heteroatoms. The van der Waals surface area contributed by atoms with Crippen molar-refractivity contribution in [3.8, 4) is 0 Å². The Labute approximate surface area is 176 Å². The summed E-state index contributed by atoms with van der Waals surface area (Å²) in [5, 5.41) is 14.1. The fraction of sp³-hybridized carbons (Fsp3) is 0.619. The molecule has 3 aliphatic heterocycles. The predicted molar refractivity (Wildman–Crippen MR) is 112 cm³/mol. The number of piperazine rings is 1. The van der Waals surface area contributed by atoms with Gasteiger partial charge in [-0.2, -0.15) is 0 Å². The number of hydrogen-bond donors (Lipinski definition) is 1. The second-order valence-corrected chi connectivity index (χ2v) is 8.36. The zero-order valence-corrected chi connectivity index (χ0v) is 17.4. The Morgan fingerprint density at radius 2 is 1.97 bits per heavy atom. The minimum Gasteiger partial charge on any atom is -0.365 e. The second-order valence-electron chi connectivity index (χ2n) is 8.36. The number of non-ortho nitro benzene ring substituents is 1. The maximum Gasteiger partial charge on any atom is 0.269 e. The van der Waals surface area contributed by atoms with Gasteiger partial charge < -0.3 is 15.1 Å². The highest BCUT2D eigenvalue weighted by Gasteiger charge is 2.42. The maximum absolute atomic E-state index is 12.9. The van der Waals surface area contributed by atoms with Crippen LogP contribution in [0, 0.1) is 16.0 Å². The van der Waals surface area contributed by atoms with Gasteiger partial charge in [0.25, 0.3) is 5.69 Å². The smallest absolute Gasteiger partial charge is 0.269 e. The van der Waals surface area contributed by atoms with Gasteiger partial charge in [0.2, 0.25) is 11.8 Å². The van der Waals surface area contributed by atoms with Gasteiger partial charge in [0.1, 0.15) is 0 Å². The summed E-state index contributed by atoms with van der Waals surface area (Å²) in [6.45, 7) is 6.57. The van der Waals surface area contributed by atoms with E-state index in [9.17, 15) is 19.7 Å². The third-order valence-corrected chi connectivity index (χ3v) is 6.50. The largest absolute Gasteiger partial charge is 0.365 e. The Morgan fingerprint density at radius 3 is 2.67 bits per heavy atom. The van der Waals surface area contributed by atoms with Crippen molar-refractivity contribution in [2.75, 3.05) is 50.7 Å². The third-order valence-electron chi connectivity index (χ3n) is 6.50. The summed E-state index contributed by atoms with van der Waals surface area (Å²) in [7, 11) is 0. The van der Waals surface area contributed by atoms with Gasteiger partial charge in [-0.15, -0.1) is 0 Å². The van der Waals surface area contributed by atoms with Crippen LogP contribution in [0.15, 0.2) is 18.2 Å². The summed E-state index contributed by atoms with van der Waals surface area (Å²) in [4.78, 5) is 42.6. The van der Waals surface area contributed by atoms with Crippen molar-refractivity contribution in [2.45, 2.75) is 32.2 Å². The molecule has 2 atom stereocenters. The lowest BCUT2D eigenvalue weighted by Gasteiger charge is -2.49. The number of anilines is 1. The number of nitro groups is 1. The number of fused-ring (bicyclic) bond motifs is 3. The van der Waals surface area contributed by atoms with Crippen LogP contribution in [0.2, 0.25) is 0 Å². The first-order valence-electron chi connectivity index (χ1n) is 10.8. The Bertz CT molecular complexity index is 839. The Morgan fingerprint density at radius 1 is 1.20 bits per heavy atom. The van der Waals surface area contributed by atoms with E-state index >= 15 is 0 Å². The topological polar surface area (TPSA) is 99.0 Å². The number of likely N-dealkylation sites (tertiary alicyclic amines) is 1. The van der Waals surface area contributed by atoms with Gasteiger partial charge in [-0.3, -0.25) is 24.6 Å². The van der Waals surface area contributed by atoms with E-state index in [4.69, 9.17) is 0 Å². The molecule has 3 aliphatic rings. The molecule has 2 amide bonds. The third kappa shape index (κ3) is 3.98. The first kappa shape index (κ1) is 20.6. The SMILES string of the molecule is CCNC(=O)[C@H]1Cc2cc([N+](=O)[O-])ccc2N2CCN(CC(=O)N3CCCC3)C[C@@H]12. The zero-order chi connectivity index (χ0) is 21.3. The fourth-order valence-electron chi connectivity index (χ4n) is 4.99. The van der Waals surface area contributed by atoms with E-state index in [1.165, 1.54) is 6.07 Å². The highest BCUT2D eigenvalue weighted by molar-refractivity contribution is 5.82. The van der Waals surface area contributed by atoms with Gasteiger partial charge in [0.15, 0.2) is 0 Å². The molecule has 4 rings (SSSR count).